The number of hydrazine groups is 1. The number of nitrogens with one attached hydrogen (secondary N) is 1. The van der Waals surface area contributed by atoms with E-state index in [1.807, 2.05) is 41.5 Å². The van der Waals surface area contributed by atoms with Gasteiger partial charge >= 0.3 is 0 Å². The van der Waals surface area contributed by atoms with Gasteiger partial charge in [-0.25, -0.2) is 5.84 Å². The van der Waals surface area contributed by atoms with Crippen molar-refractivity contribution in [1.82, 2.24) is 10.3 Å². The molecule has 0 bridgehead atoms. The monoisotopic (exact) mass is 242 g/mol. The lowest BCUT2D eigenvalue weighted by molar-refractivity contribution is -0.119. The number of rotatable bonds is 1. The third-order valence-electron chi connectivity index (χ3n) is 3.34. The van der Waals surface area contributed by atoms with Crippen molar-refractivity contribution >= 4 is 17.8 Å². The van der Waals surface area contributed by atoms with Gasteiger partial charge in [0.15, 0.2) is 0 Å². The van der Waals surface area contributed by atoms with Crippen molar-refractivity contribution in [2.24, 2.45) is 10.8 Å². The van der Waals surface area contributed by atoms with Crippen LogP contribution in [0.3, 0.4) is 0 Å². The maximum atomic E-state index is 11.7. The highest BCUT2D eigenvalue weighted by Gasteiger charge is 2.30. The Labute approximate surface area is 105 Å². The molecule has 5 heteroatoms. The van der Waals surface area contributed by atoms with E-state index in [1.165, 1.54) is 0 Å². The minimum atomic E-state index is -0.245. The number of hydrogen-bond acceptors (Lipinski definition) is 4. The Morgan fingerprint density at radius 1 is 1.44 bits per heavy atom. The fourth-order valence-corrected chi connectivity index (χ4v) is 2.42. The molecule has 18 heavy (non-hydrogen) atoms. The molecule has 0 radical (unpaired) electrons. The maximum Gasteiger partial charge on any atom is 0.281 e. The zero-order chi connectivity index (χ0) is 12.5. The van der Waals surface area contributed by atoms with E-state index in [1.54, 1.807) is 0 Å². The predicted molar refractivity (Wildman–Crippen MR) is 69.0 cm³/mol. The van der Waals surface area contributed by atoms with E-state index >= 15 is 0 Å². The van der Waals surface area contributed by atoms with Crippen LogP contribution in [0.1, 0.15) is 12.0 Å². The van der Waals surface area contributed by atoms with Crippen molar-refractivity contribution in [3.05, 3.63) is 41.6 Å². The SMILES string of the molecule is NNC(=O)C1=CCC2C=Nc3ccccc3CN12. The summed E-state index contributed by atoms with van der Waals surface area (Å²) in [6.07, 6.45) is 4.60. The molecular weight excluding hydrogens is 228 g/mol. The summed E-state index contributed by atoms with van der Waals surface area (Å²) in [6, 6.07) is 8.11. The molecule has 2 aliphatic heterocycles. The minimum absolute atomic E-state index is 0.143. The summed E-state index contributed by atoms with van der Waals surface area (Å²) >= 11 is 0. The van der Waals surface area contributed by atoms with Gasteiger partial charge in [0.1, 0.15) is 5.70 Å². The van der Waals surface area contributed by atoms with E-state index in [4.69, 9.17) is 5.84 Å². The first-order chi connectivity index (χ1) is 8.79. The number of carbonyl (C=O) groups is 1. The van der Waals surface area contributed by atoms with Crippen molar-refractivity contribution in [2.45, 2.75) is 19.0 Å². The molecule has 0 fully saturated rings. The molecule has 2 heterocycles. The van der Waals surface area contributed by atoms with Crippen LogP contribution < -0.4 is 11.3 Å². The Kier molecular flexibility index (Phi) is 2.60. The standard InChI is InChI=1S/C13H14N4O/c14-16-13(18)12-6-5-10-7-15-11-4-2-1-3-9(11)8-17(10)12/h1-4,6-7,10H,5,8,14H2,(H,16,18). The number of aliphatic imine (C=N–C) groups is 1. The molecule has 0 aromatic heterocycles. The molecule has 5 nitrogen and oxygen atoms in total. The molecule has 1 aromatic carbocycles. The topological polar surface area (TPSA) is 70.7 Å². The van der Waals surface area contributed by atoms with Gasteiger partial charge in [-0.3, -0.25) is 15.2 Å². The number of para-hydroxylation sites is 1. The van der Waals surface area contributed by atoms with E-state index in [2.05, 4.69) is 10.4 Å². The molecule has 0 saturated heterocycles. The molecule has 1 amide bonds. The smallest absolute Gasteiger partial charge is 0.281 e. The Balaban J connectivity index is 1.95. The van der Waals surface area contributed by atoms with Crippen LogP contribution in [0, 0.1) is 0 Å². The molecule has 3 rings (SSSR count). The van der Waals surface area contributed by atoms with E-state index in [-0.39, 0.29) is 11.9 Å². The van der Waals surface area contributed by atoms with Crippen molar-refractivity contribution in [3.63, 3.8) is 0 Å². The Morgan fingerprint density at radius 3 is 3.11 bits per heavy atom. The van der Waals surface area contributed by atoms with E-state index in [0.29, 0.717) is 12.2 Å². The van der Waals surface area contributed by atoms with Gasteiger partial charge in [-0.2, -0.15) is 0 Å². The number of benzene rings is 1. The quantitative estimate of drug-likeness (QED) is 0.436. The summed E-state index contributed by atoms with van der Waals surface area (Å²) in [5, 5.41) is 0. The third-order valence-corrected chi connectivity index (χ3v) is 3.34. The molecule has 0 saturated carbocycles. The van der Waals surface area contributed by atoms with Crippen LogP contribution in [0.4, 0.5) is 5.69 Å². The van der Waals surface area contributed by atoms with Crippen molar-refractivity contribution in [2.75, 3.05) is 0 Å². The normalized spacial score (nSPS) is 20.8. The number of nitrogens with zero attached hydrogens (tertiary/aromatic N) is 2. The summed E-state index contributed by atoms with van der Waals surface area (Å²) in [4.78, 5) is 18.2. The first kappa shape index (κ1) is 11.0. The lowest BCUT2D eigenvalue weighted by Crippen LogP contribution is -2.39. The average Bonchev–Trinajstić information content (AvgIpc) is 2.71. The molecule has 3 N–H and O–H groups in total. The Hall–Kier alpha value is -2.14. The van der Waals surface area contributed by atoms with Gasteiger partial charge in [-0.1, -0.05) is 24.3 Å². The lowest BCUT2D eigenvalue weighted by atomic mass is 10.1. The first-order valence-corrected chi connectivity index (χ1v) is 5.89. The third kappa shape index (κ3) is 1.69. The van der Waals surface area contributed by atoms with Gasteiger partial charge < -0.3 is 4.90 Å². The van der Waals surface area contributed by atoms with Crippen molar-refractivity contribution in [3.8, 4) is 0 Å². The summed E-state index contributed by atoms with van der Waals surface area (Å²) in [5.41, 5.74) is 4.91. The van der Waals surface area contributed by atoms with Crippen LogP contribution in [0.2, 0.25) is 0 Å². The fraction of sp³-hybridized carbons (Fsp3) is 0.231. The van der Waals surface area contributed by atoms with Gasteiger partial charge in [0.25, 0.3) is 5.91 Å². The summed E-state index contributed by atoms with van der Waals surface area (Å²) in [7, 11) is 0. The molecule has 0 aliphatic carbocycles. The van der Waals surface area contributed by atoms with E-state index < -0.39 is 0 Å². The van der Waals surface area contributed by atoms with Crippen LogP contribution in [-0.4, -0.2) is 23.1 Å². The summed E-state index contributed by atoms with van der Waals surface area (Å²) in [5.74, 6) is 4.96. The second-order valence-corrected chi connectivity index (χ2v) is 4.40. The van der Waals surface area contributed by atoms with Crippen LogP contribution in [-0.2, 0) is 11.3 Å². The van der Waals surface area contributed by atoms with Gasteiger partial charge in [-0.05, 0) is 18.1 Å². The summed E-state index contributed by atoms with van der Waals surface area (Å²) in [6.45, 7) is 0.681. The molecule has 1 atom stereocenters. The largest absolute Gasteiger partial charge is 0.355 e. The fourth-order valence-electron chi connectivity index (χ4n) is 2.42. The van der Waals surface area contributed by atoms with Crippen molar-refractivity contribution < 1.29 is 4.79 Å². The highest BCUT2D eigenvalue weighted by Crippen LogP contribution is 2.30. The van der Waals surface area contributed by atoms with Crippen LogP contribution in [0.25, 0.3) is 0 Å². The zero-order valence-electron chi connectivity index (χ0n) is 9.84. The highest BCUT2D eigenvalue weighted by atomic mass is 16.2. The van der Waals surface area contributed by atoms with Gasteiger partial charge in [0.05, 0.1) is 11.7 Å². The predicted octanol–water partition coefficient (Wildman–Crippen LogP) is 0.851. The van der Waals surface area contributed by atoms with E-state index in [0.717, 1.165) is 17.7 Å². The number of nitrogens with two attached hydrogens (primary N) is 1. The molecule has 1 unspecified atom stereocenters. The Morgan fingerprint density at radius 2 is 2.28 bits per heavy atom. The van der Waals surface area contributed by atoms with Crippen LogP contribution in [0.15, 0.2) is 41.0 Å². The van der Waals surface area contributed by atoms with Crippen LogP contribution in [0.5, 0.6) is 0 Å². The molecular formula is C13H14N4O. The van der Waals surface area contributed by atoms with Gasteiger partial charge in [0.2, 0.25) is 0 Å². The number of amides is 1. The molecule has 0 spiro atoms. The maximum absolute atomic E-state index is 11.7. The Bertz CT molecular complexity index is 550. The summed E-state index contributed by atoms with van der Waals surface area (Å²) < 4.78 is 0. The average molecular weight is 242 g/mol. The number of carbonyl (C=O) groups excluding carboxylic acids is 1. The van der Waals surface area contributed by atoms with Gasteiger partial charge in [0, 0.05) is 12.8 Å². The minimum Gasteiger partial charge on any atom is -0.355 e. The van der Waals surface area contributed by atoms with Crippen LogP contribution >= 0.6 is 0 Å². The molecule has 92 valence electrons. The van der Waals surface area contributed by atoms with E-state index in [9.17, 15) is 4.79 Å². The second kappa shape index (κ2) is 4.27. The highest BCUT2D eigenvalue weighted by molar-refractivity contribution is 5.94. The second-order valence-electron chi connectivity index (χ2n) is 4.40. The number of fused-ring (bicyclic) bond motifs is 2. The first-order valence-electron chi connectivity index (χ1n) is 5.89. The zero-order valence-corrected chi connectivity index (χ0v) is 9.84. The molecule has 1 aromatic rings. The lowest BCUT2D eigenvalue weighted by Gasteiger charge is -2.25. The van der Waals surface area contributed by atoms with Crippen molar-refractivity contribution in [1.29, 1.82) is 0 Å². The number of hydrogen-bond donors (Lipinski definition) is 2. The molecule has 2 aliphatic rings. The van der Waals surface area contributed by atoms with Gasteiger partial charge in [-0.15, -0.1) is 0 Å².